The van der Waals surface area contributed by atoms with Crippen LogP contribution in [0.3, 0.4) is 0 Å². The molecule has 0 amide bonds. The van der Waals surface area contributed by atoms with Crippen molar-refractivity contribution < 1.29 is 28.9 Å². The van der Waals surface area contributed by atoms with Gasteiger partial charge in [0, 0.05) is 11.0 Å². The SMILES string of the molecule is COc1ccc(F)cc1C(C)(CC(=O)O)CC(=O)O. The van der Waals surface area contributed by atoms with Crippen LogP contribution >= 0.6 is 0 Å². The van der Waals surface area contributed by atoms with Crippen molar-refractivity contribution in [1.82, 2.24) is 0 Å². The number of rotatable bonds is 6. The highest BCUT2D eigenvalue weighted by Gasteiger charge is 2.35. The van der Waals surface area contributed by atoms with Gasteiger partial charge in [0.15, 0.2) is 0 Å². The molecule has 1 aromatic rings. The van der Waals surface area contributed by atoms with Crippen LogP contribution in [0.15, 0.2) is 18.2 Å². The fourth-order valence-corrected chi connectivity index (χ4v) is 2.07. The summed E-state index contributed by atoms with van der Waals surface area (Å²) in [6, 6.07) is 3.64. The van der Waals surface area contributed by atoms with Crippen LogP contribution in [0.5, 0.6) is 5.75 Å². The fourth-order valence-electron chi connectivity index (χ4n) is 2.07. The molecule has 0 bridgehead atoms. The average molecular weight is 270 g/mol. The summed E-state index contributed by atoms with van der Waals surface area (Å²) in [6.45, 7) is 1.46. The molecular formula is C13H15FO5. The summed E-state index contributed by atoms with van der Waals surface area (Å²) in [5, 5.41) is 17.9. The number of halogens is 1. The minimum atomic E-state index is -1.24. The Balaban J connectivity index is 3.34. The van der Waals surface area contributed by atoms with E-state index in [-0.39, 0.29) is 11.3 Å². The molecule has 1 aromatic carbocycles. The van der Waals surface area contributed by atoms with Crippen LogP contribution < -0.4 is 4.74 Å². The molecule has 1 rings (SSSR count). The van der Waals surface area contributed by atoms with E-state index in [1.165, 1.54) is 26.2 Å². The van der Waals surface area contributed by atoms with Gasteiger partial charge in [-0.1, -0.05) is 6.92 Å². The van der Waals surface area contributed by atoms with E-state index in [1.807, 2.05) is 0 Å². The number of carbonyl (C=O) groups is 2. The smallest absolute Gasteiger partial charge is 0.304 e. The molecule has 0 heterocycles. The van der Waals surface area contributed by atoms with Crippen molar-refractivity contribution in [2.75, 3.05) is 7.11 Å². The zero-order valence-corrected chi connectivity index (χ0v) is 10.6. The van der Waals surface area contributed by atoms with Crippen LogP contribution in [0.25, 0.3) is 0 Å². The Labute approximate surface area is 109 Å². The third-order valence-corrected chi connectivity index (χ3v) is 2.89. The van der Waals surface area contributed by atoms with Crippen molar-refractivity contribution in [3.05, 3.63) is 29.6 Å². The van der Waals surface area contributed by atoms with Crippen LogP contribution in [0.1, 0.15) is 25.3 Å². The molecule has 0 aliphatic heterocycles. The Bertz CT molecular complexity index is 482. The summed E-state index contributed by atoms with van der Waals surface area (Å²) in [4.78, 5) is 21.9. The molecule has 0 unspecified atom stereocenters. The molecule has 0 atom stereocenters. The first-order valence-electron chi connectivity index (χ1n) is 5.56. The molecule has 2 N–H and O–H groups in total. The minimum absolute atomic E-state index is 0.236. The maximum atomic E-state index is 13.3. The Morgan fingerprint density at radius 3 is 2.21 bits per heavy atom. The molecule has 5 nitrogen and oxygen atoms in total. The van der Waals surface area contributed by atoms with Crippen molar-refractivity contribution in [3.8, 4) is 5.75 Å². The molecule has 0 saturated carbocycles. The summed E-state index contributed by atoms with van der Waals surface area (Å²) in [7, 11) is 1.36. The maximum Gasteiger partial charge on any atom is 0.304 e. The number of carboxylic acid groups (broad SMARTS) is 2. The highest BCUT2D eigenvalue weighted by Crippen LogP contribution is 2.38. The first kappa shape index (κ1) is 14.9. The second-order valence-corrected chi connectivity index (χ2v) is 4.55. The van der Waals surface area contributed by atoms with Gasteiger partial charge in [0.2, 0.25) is 0 Å². The fraction of sp³-hybridized carbons (Fsp3) is 0.385. The van der Waals surface area contributed by atoms with Gasteiger partial charge in [-0.2, -0.15) is 0 Å². The molecule has 6 heteroatoms. The molecule has 0 aromatic heterocycles. The molecular weight excluding hydrogens is 255 g/mol. The van der Waals surface area contributed by atoms with Crippen molar-refractivity contribution >= 4 is 11.9 Å². The monoisotopic (exact) mass is 270 g/mol. The van der Waals surface area contributed by atoms with E-state index in [0.29, 0.717) is 0 Å². The van der Waals surface area contributed by atoms with Crippen molar-refractivity contribution in [2.24, 2.45) is 0 Å². The zero-order chi connectivity index (χ0) is 14.6. The van der Waals surface area contributed by atoms with Crippen molar-refractivity contribution in [3.63, 3.8) is 0 Å². The van der Waals surface area contributed by atoms with Gasteiger partial charge in [0.1, 0.15) is 11.6 Å². The lowest BCUT2D eigenvalue weighted by Crippen LogP contribution is -2.29. The molecule has 0 saturated heterocycles. The van der Waals surface area contributed by atoms with Gasteiger partial charge in [-0.3, -0.25) is 9.59 Å². The summed E-state index contributed by atoms with van der Waals surface area (Å²) < 4.78 is 18.4. The highest BCUT2D eigenvalue weighted by atomic mass is 19.1. The summed E-state index contributed by atoms with van der Waals surface area (Å²) in [6.07, 6.45) is -0.863. The van der Waals surface area contributed by atoms with Crippen LogP contribution in [0.4, 0.5) is 4.39 Å². The second-order valence-electron chi connectivity index (χ2n) is 4.55. The predicted octanol–water partition coefficient (Wildman–Crippen LogP) is 2.04. The topological polar surface area (TPSA) is 83.8 Å². The van der Waals surface area contributed by atoms with Gasteiger partial charge in [0.05, 0.1) is 20.0 Å². The first-order chi connectivity index (χ1) is 8.78. The number of carboxylic acids is 2. The summed E-state index contributed by atoms with van der Waals surface area (Å²) in [5.74, 6) is -2.62. The van der Waals surface area contributed by atoms with E-state index in [9.17, 15) is 14.0 Å². The number of methoxy groups -OCH3 is 1. The Kier molecular flexibility index (Phi) is 4.47. The van der Waals surface area contributed by atoms with Crippen LogP contribution in [0, 0.1) is 5.82 Å². The van der Waals surface area contributed by atoms with Gasteiger partial charge in [-0.05, 0) is 18.2 Å². The zero-order valence-electron chi connectivity index (χ0n) is 10.6. The molecule has 0 radical (unpaired) electrons. The van der Waals surface area contributed by atoms with Crippen LogP contribution in [-0.4, -0.2) is 29.3 Å². The number of aliphatic carboxylic acids is 2. The van der Waals surface area contributed by atoms with Crippen molar-refractivity contribution in [2.45, 2.75) is 25.2 Å². The molecule has 104 valence electrons. The Morgan fingerprint density at radius 2 is 1.79 bits per heavy atom. The van der Waals surface area contributed by atoms with Crippen LogP contribution in [-0.2, 0) is 15.0 Å². The van der Waals surface area contributed by atoms with Gasteiger partial charge in [-0.15, -0.1) is 0 Å². The molecule has 0 aliphatic carbocycles. The standard InChI is InChI=1S/C13H15FO5/c1-13(6-11(15)16,7-12(17)18)9-5-8(14)3-4-10(9)19-2/h3-5H,6-7H2,1-2H3,(H,15,16)(H,17,18). The quantitative estimate of drug-likeness (QED) is 0.826. The van der Waals surface area contributed by atoms with E-state index in [1.54, 1.807) is 0 Å². The average Bonchev–Trinajstić information content (AvgIpc) is 2.26. The van der Waals surface area contributed by atoms with Gasteiger partial charge in [0.25, 0.3) is 0 Å². The highest BCUT2D eigenvalue weighted by molar-refractivity contribution is 5.74. The summed E-state index contributed by atoms with van der Waals surface area (Å²) >= 11 is 0. The van der Waals surface area contributed by atoms with E-state index in [0.717, 1.165) is 6.07 Å². The third kappa shape index (κ3) is 3.67. The number of hydrogen-bond donors (Lipinski definition) is 2. The second kappa shape index (κ2) is 5.69. The third-order valence-electron chi connectivity index (χ3n) is 2.89. The van der Waals surface area contributed by atoms with Crippen LogP contribution in [0.2, 0.25) is 0 Å². The Hall–Kier alpha value is -2.11. The van der Waals surface area contributed by atoms with Gasteiger partial charge in [-0.25, -0.2) is 4.39 Å². The number of ether oxygens (including phenoxy) is 1. The van der Waals surface area contributed by atoms with Gasteiger partial charge < -0.3 is 14.9 Å². The maximum absolute atomic E-state index is 13.3. The summed E-state index contributed by atoms with van der Waals surface area (Å²) in [5.41, 5.74) is -1.01. The lowest BCUT2D eigenvalue weighted by atomic mass is 9.76. The molecule has 0 spiro atoms. The lowest BCUT2D eigenvalue weighted by molar-refractivity contribution is -0.141. The first-order valence-corrected chi connectivity index (χ1v) is 5.56. The van der Waals surface area contributed by atoms with Gasteiger partial charge >= 0.3 is 11.9 Å². The van der Waals surface area contributed by atoms with E-state index in [2.05, 4.69) is 0 Å². The van der Waals surface area contributed by atoms with E-state index < -0.39 is 36.0 Å². The Morgan fingerprint density at radius 1 is 1.26 bits per heavy atom. The van der Waals surface area contributed by atoms with E-state index in [4.69, 9.17) is 14.9 Å². The normalized spacial score (nSPS) is 11.1. The molecule has 0 aliphatic rings. The largest absolute Gasteiger partial charge is 0.496 e. The molecule has 19 heavy (non-hydrogen) atoms. The van der Waals surface area contributed by atoms with Crippen molar-refractivity contribution in [1.29, 1.82) is 0 Å². The van der Waals surface area contributed by atoms with E-state index >= 15 is 0 Å². The number of benzene rings is 1. The predicted molar refractivity (Wildman–Crippen MR) is 64.8 cm³/mol. The minimum Gasteiger partial charge on any atom is -0.496 e. The molecule has 0 fully saturated rings. The lowest BCUT2D eigenvalue weighted by Gasteiger charge is -2.28. The number of hydrogen-bond acceptors (Lipinski definition) is 3.